The van der Waals surface area contributed by atoms with Crippen molar-refractivity contribution < 1.29 is 14.4 Å². The van der Waals surface area contributed by atoms with Crippen molar-refractivity contribution in [1.82, 2.24) is 10.2 Å². The van der Waals surface area contributed by atoms with Crippen LogP contribution in [0, 0.1) is 5.41 Å². The topological polar surface area (TPSA) is 66.5 Å². The predicted molar refractivity (Wildman–Crippen MR) is 97.0 cm³/mol. The quantitative estimate of drug-likeness (QED) is 0.636. The Morgan fingerprint density at radius 1 is 1.16 bits per heavy atom. The third-order valence-corrected chi connectivity index (χ3v) is 4.48. The van der Waals surface area contributed by atoms with Crippen LogP contribution in [0.25, 0.3) is 0 Å². The van der Waals surface area contributed by atoms with E-state index in [1.165, 1.54) is 10.5 Å². The Balaban J connectivity index is 1.83. The lowest BCUT2D eigenvalue weighted by molar-refractivity contribution is -0.150. The average molecular weight is 344 g/mol. The zero-order valence-corrected chi connectivity index (χ0v) is 15.4. The van der Waals surface area contributed by atoms with Gasteiger partial charge in [0.25, 0.3) is 5.91 Å². The number of carbonyl (C=O) groups is 3. The number of likely N-dealkylation sites (tertiary alicyclic amines) is 1. The standard InChI is InChI=1S/C20H28N2O3/c1-20(2,3)17(23)19(25)22-14-8-12-16(22)18(24)21-13-7-11-15-9-5-4-6-10-15/h4-6,9-10,16H,7-8,11-14H2,1-3H3,(H,21,24). The second-order valence-electron chi connectivity index (χ2n) is 7.62. The van der Waals surface area contributed by atoms with E-state index in [1.54, 1.807) is 20.8 Å². The first-order chi connectivity index (χ1) is 11.8. The molecule has 1 aliphatic rings. The summed E-state index contributed by atoms with van der Waals surface area (Å²) in [7, 11) is 0. The number of Topliss-reactive ketones (excluding diaryl/α,β-unsaturated/α-hetero) is 1. The van der Waals surface area contributed by atoms with Crippen LogP contribution in [0.5, 0.6) is 0 Å². The molecule has 1 fully saturated rings. The molecule has 0 bridgehead atoms. The van der Waals surface area contributed by atoms with Gasteiger partial charge in [-0.15, -0.1) is 0 Å². The first-order valence-electron chi connectivity index (χ1n) is 8.98. The summed E-state index contributed by atoms with van der Waals surface area (Å²) in [5.74, 6) is -1.12. The number of nitrogens with one attached hydrogen (secondary N) is 1. The highest BCUT2D eigenvalue weighted by Crippen LogP contribution is 2.22. The molecule has 1 aromatic carbocycles. The molecule has 5 heteroatoms. The van der Waals surface area contributed by atoms with Crippen molar-refractivity contribution in [3.05, 3.63) is 35.9 Å². The molecule has 1 heterocycles. The summed E-state index contributed by atoms with van der Waals surface area (Å²) in [4.78, 5) is 38.5. The fourth-order valence-corrected chi connectivity index (χ4v) is 3.00. The van der Waals surface area contributed by atoms with Gasteiger partial charge < -0.3 is 10.2 Å². The van der Waals surface area contributed by atoms with Gasteiger partial charge >= 0.3 is 0 Å². The number of hydrogen-bond donors (Lipinski definition) is 1. The van der Waals surface area contributed by atoms with Crippen molar-refractivity contribution in [2.24, 2.45) is 5.41 Å². The van der Waals surface area contributed by atoms with E-state index in [-0.39, 0.29) is 5.91 Å². The Bertz CT molecular complexity index is 620. The van der Waals surface area contributed by atoms with E-state index >= 15 is 0 Å². The summed E-state index contributed by atoms with van der Waals surface area (Å²) in [6, 6.07) is 9.60. The lowest BCUT2D eigenvalue weighted by atomic mass is 9.90. The van der Waals surface area contributed by atoms with Crippen LogP contribution in [-0.4, -0.2) is 41.6 Å². The van der Waals surface area contributed by atoms with Crippen LogP contribution >= 0.6 is 0 Å². The van der Waals surface area contributed by atoms with Crippen molar-refractivity contribution >= 4 is 17.6 Å². The summed E-state index contributed by atoms with van der Waals surface area (Å²) in [6.07, 6.45) is 3.12. The second-order valence-corrected chi connectivity index (χ2v) is 7.62. The molecule has 2 amide bonds. The molecule has 5 nitrogen and oxygen atoms in total. The van der Waals surface area contributed by atoms with Crippen LogP contribution < -0.4 is 5.32 Å². The number of hydrogen-bond acceptors (Lipinski definition) is 3. The number of carbonyl (C=O) groups excluding carboxylic acids is 3. The molecule has 1 aliphatic heterocycles. The highest BCUT2D eigenvalue weighted by atomic mass is 16.2. The predicted octanol–water partition coefficient (Wildman–Crippen LogP) is 2.34. The summed E-state index contributed by atoms with van der Waals surface area (Å²) in [5, 5.41) is 2.91. The number of benzene rings is 1. The Kier molecular flexibility index (Phi) is 6.34. The molecule has 1 saturated heterocycles. The maximum Gasteiger partial charge on any atom is 0.291 e. The SMILES string of the molecule is CC(C)(C)C(=O)C(=O)N1CCCC1C(=O)NCCCc1ccccc1. The van der Waals surface area contributed by atoms with Crippen LogP contribution in [0.1, 0.15) is 45.6 Å². The van der Waals surface area contributed by atoms with Crippen molar-refractivity contribution in [3.63, 3.8) is 0 Å². The fourth-order valence-electron chi connectivity index (χ4n) is 3.00. The molecule has 2 rings (SSSR count). The van der Waals surface area contributed by atoms with Crippen molar-refractivity contribution in [1.29, 1.82) is 0 Å². The maximum atomic E-state index is 12.4. The Hall–Kier alpha value is -2.17. The molecule has 0 aromatic heterocycles. The molecule has 1 aromatic rings. The largest absolute Gasteiger partial charge is 0.354 e. The molecular weight excluding hydrogens is 316 g/mol. The smallest absolute Gasteiger partial charge is 0.291 e. The zero-order chi connectivity index (χ0) is 18.4. The van der Waals surface area contributed by atoms with Gasteiger partial charge in [-0.3, -0.25) is 14.4 Å². The van der Waals surface area contributed by atoms with E-state index in [0.29, 0.717) is 19.5 Å². The lowest BCUT2D eigenvalue weighted by Gasteiger charge is -2.26. The van der Waals surface area contributed by atoms with Gasteiger partial charge in [-0.1, -0.05) is 51.1 Å². The van der Waals surface area contributed by atoms with Crippen molar-refractivity contribution in [2.75, 3.05) is 13.1 Å². The summed E-state index contributed by atoms with van der Waals surface area (Å²) in [6.45, 7) is 6.22. The average Bonchev–Trinajstić information content (AvgIpc) is 3.07. The van der Waals surface area contributed by atoms with Gasteiger partial charge in [0, 0.05) is 18.5 Å². The van der Waals surface area contributed by atoms with Gasteiger partial charge in [0.15, 0.2) is 0 Å². The first-order valence-corrected chi connectivity index (χ1v) is 8.98. The van der Waals surface area contributed by atoms with Gasteiger partial charge in [-0.2, -0.15) is 0 Å². The van der Waals surface area contributed by atoms with Crippen LogP contribution in [0.2, 0.25) is 0 Å². The fraction of sp³-hybridized carbons (Fsp3) is 0.550. The highest BCUT2D eigenvalue weighted by Gasteiger charge is 2.39. The minimum Gasteiger partial charge on any atom is -0.354 e. The minimum atomic E-state index is -0.726. The third-order valence-electron chi connectivity index (χ3n) is 4.48. The van der Waals surface area contributed by atoms with Crippen LogP contribution in [-0.2, 0) is 20.8 Å². The maximum absolute atomic E-state index is 12.4. The molecular formula is C20H28N2O3. The van der Waals surface area contributed by atoms with E-state index in [9.17, 15) is 14.4 Å². The summed E-state index contributed by atoms with van der Waals surface area (Å²) < 4.78 is 0. The number of rotatable bonds is 6. The van der Waals surface area contributed by atoms with E-state index in [0.717, 1.165) is 19.3 Å². The van der Waals surface area contributed by atoms with Gasteiger partial charge in [0.05, 0.1) is 0 Å². The van der Waals surface area contributed by atoms with Gasteiger partial charge in [-0.25, -0.2) is 0 Å². The Labute approximate surface area is 149 Å². The molecule has 0 radical (unpaired) electrons. The molecule has 0 spiro atoms. The molecule has 25 heavy (non-hydrogen) atoms. The second kappa shape index (κ2) is 8.28. The van der Waals surface area contributed by atoms with Gasteiger partial charge in [-0.05, 0) is 31.2 Å². The first kappa shape index (κ1) is 19.2. The Morgan fingerprint density at radius 3 is 2.48 bits per heavy atom. The van der Waals surface area contributed by atoms with Gasteiger partial charge in [0.1, 0.15) is 6.04 Å². The molecule has 0 aliphatic carbocycles. The van der Waals surface area contributed by atoms with Crippen LogP contribution in [0.4, 0.5) is 0 Å². The number of nitrogens with zero attached hydrogens (tertiary/aromatic N) is 1. The third kappa shape index (κ3) is 5.15. The number of aryl methyl sites for hydroxylation is 1. The van der Waals surface area contributed by atoms with Crippen molar-refractivity contribution in [3.8, 4) is 0 Å². The van der Waals surface area contributed by atoms with E-state index in [4.69, 9.17) is 0 Å². The number of ketones is 1. The molecule has 136 valence electrons. The zero-order valence-electron chi connectivity index (χ0n) is 15.4. The molecule has 0 saturated carbocycles. The summed E-state index contributed by atoms with van der Waals surface area (Å²) >= 11 is 0. The Morgan fingerprint density at radius 2 is 1.84 bits per heavy atom. The van der Waals surface area contributed by atoms with Crippen molar-refractivity contribution in [2.45, 2.75) is 52.5 Å². The normalized spacial score (nSPS) is 17.4. The minimum absolute atomic E-state index is 0.152. The van der Waals surface area contributed by atoms with E-state index in [1.807, 2.05) is 18.2 Å². The number of amides is 2. The summed E-state index contributed by atoms with van der Waals surface area (Å²) in [5.41, 5.74) is 0.515. The molecule has 1 atom stereocenters. The van der Waals surface area contributed by atoms with E-state index < -0.39 is 23.1 Å². The molecule has 1 unspecified atom stereocenters. The highest BCUT2D eigenvalue weighted by molar-refractivity contribution is 6.38. The van der Waals surface area contributed by atoms with Crippen LogP contribution in [0.3, 0.4) is 0 Å². The van der Waals surface area contributed by atoms with Crippen LogP contribution in [0.15, 0.2) is 30.3 Å². The monoisotopic (exact) mass is 344 g/mol. The molecule has 1 N–H and O–H groups in total. The lowest BCUT2D eigenvalue weighted by Crippen LogP contribution is -2.50. The van der Waals surface area contributed by atoms with Gasteiger partial charge in [0.2, 0.25) is 11.7 Å². The van der Waals surface area contributed by atoms with E-state index in [2.05, 4.69) is 17.4 Å².